The lowest BCUT2D eigenvalue weighted by Gasteiger charge is -1.98. The maximum Gasteiger partial charge on any atom is 0.258 e. The molecular formula is C9H9ClN2O2. The minimum absolute atomic E-state index is 0. The molecule has 0 saturated heterocycles. The van der Waals surface area contributed by atoms with E-state index in [0.717, 1.165) is 0 Å². The average molecular weight is 213 g/mol. The Kier molecular flexibility index (Phi) is 3.22. The number of aliphatic hydroxyl groups is 1. The Morgan fingerprint density at radius 2 is 2.07 bits per heavy atom. The lowest BCUT2D eigenvalue weighted by atomic mass is 10.2. The van der Waals surface area contributed by atoms with Gasteiger partial charge in [0, 0.05) is 0 Å². The van der Waals surface area contributed by atoms with E-state index in [1.807, 2.05) is 0 Å². The number of hydrogen-bond donors (Lipinski definition) is 2. The highest BCUT2D eigenvalue weighted by atomic mass is 35.5. The molecule has 0 unspecified atom stereocenters. The van der Waals surface area contributed by atoms with E-state index in [1.54, 1.807) is 24.3 Å². The van der Waals surface area contributed by atoms with Crippen LogP contribution in [0.25, 0.3) is 10.9 Å². The van der Waals surface area contributed by atoms with E-state index in [1.165, 1.54) is 0 Å². The van der Waals surface area contributed by atoms with E-state index >= 15 is 0 Å². The molecule has 1 aromatic heterocycles. The molecule has 5 heteroatoms. The van der Waals surface area contributed by atoms with Crippen molar-refractivity contribution in [1.29, 1.82) is 0 Å². The first-order valence-corrected chi connectivity index (χ1v) is 3.90. The first kappa shape index (κ1) is 10.7. The lowest BCUT2D eigenvalue weighted by Crippen LogP contribution is -2.11. The van der Waals surface area contributed by atoms with Crippen molar-refractivity contribution in [2.45, 2.75) is 6.61 Å². The topological polar surface area (TPSA) is 66.0 Å². The molecule has 0 spiro atoms. The molecule has 2 aromatic rings. The summed E-state index contributed by atoms with van der Waals surface area (Å²) in [5, 5.41) is 9.33. The van der Waals surface area contributed by atoms with Gasteiger partial charge in [0.15, 0.2) is 0 Å². The number of nitrogens with one attached hydrogen (secondary N) is 1. The van der Waals surface area contributed by atoms with Crippen molar-refractivity contribution < 1.29 is 5.11 Å². The Labute approximate surface area is 86.0 Å². The van der Waals surface area contributed by atoms with E-state index in [-0.39, 0.29) is 24.6 Å². The molecule has 0 aliphatic heterocycles. The Morgan fingerprint density at radius 3 is 2.79 bits per heavy atom. The largest absolute Gasteiger partial charge is 0.388 e. The highest BCUT2D eigenvalue weighted by Crippen LogP contribution is 2.04. The van der Waals surface area contributed by atoms with Crippen LogP contribution in [0.4, 0.5) is 0 Å². The second-order valence-corrected chi connectivity index (χ2v) is 2.69. The summed E-state index contributed by atoms with van der Waals surface area (Å²) in [7, 11) is 0. The van der Waals surface area contributed by atoms with Crippen LogP contribution >= 0.6 is 12.4 Å². The molecule has 4 nitrogen and oxygen atoms in total. The molecule has 1 heterocycles. The van der Waals surface area contributed by atoms with Gasteiger partial charge in [-0.3, -0.25) is 4.79 Å². The number of para-hydroxylation sites is 1. The molecule has 0 amide bonds. The fourth-order valence-electron chi connectivity index (χ4n) is 1.21. The zero-order valence-corrected chi connectivity index (χ0v) is 8.04. The number of fused-ring (bicyclic) bond motifs is 1. The fraction of sp³-hybridized carbons (Fsp3) is 0.111. The Hall–Kier alpha value is -1.39. The summed E-state index contributed by atoms with van der Waals surface area (Å²) in [6.45, 7) is -0.250. The molecule has 0 saturated carbocycles. The maximum absolute atomic E-state index is 11.4. The van der Waals surface area contributed by atoms with Crippen LogP contribution in [0, 0.1) is 0 Å². The van der Waals surface area contributed by atoms with Crippen molar-refractivity contribution in [2.75, 3.05) is 0 Å². The van der Waals surface area contributed by atoms with Gasteiger partial charge in [0.25, 0.3) is 5.56 Å². The number of nitrogens with zero attached hydrogens (tertiary/aromatic N) is 1. The standard InChI is InChI=1S/C9H8N2O2.ClH/c12-5-8-10-7-4-2-1-3-6(7)9(13)11-8;/h1-4,12H,5H2,(H,10,11,13);1H. The minimum atomic E-state index is -0.250. The molecule has 14 heavy (non-hydrogen) atoms. The summed E-state index contributed by atoms with van der Waals surface area (Å²) in [5.74, 6) is 0.295. The van der Waals surface area contributed by atoms with Crippen LogP contribution in [0.3, 0.4) is 0 Å². The maximum atomic E-state index is 11.4. The molecule has 2 N–H and O–H groups in total. The Morgan fingerprint density at radius 1 is 1.36 bits per heavy atom. The summed E-state index contributed by atoms with van der Waals surface area (Å²) >= 11 is 0. The first-order chi connectivity index (χ1) is 6.31. The van der Waals surface area contributed by atoms with E-state index in [2.05, 4.69) is 9.97 Å². The van der Waals surface area contributed by atoms with Crippen LogP contribution in [0.1, 0.15) is 5.82 Å². The van der Waals surface area contributed by atoms with Gasteiger partial charge in [-0.15, -0.1) is 12.4 Å². The van der Waals surface area contributed by atoms with E-state index < -0.39 is 0 Å². The summed E-state index contributed by atoms with van der Waals surface area (Å²) in [6.07, 6.45) is 0. The highest BCUT2D eigenvalue weighted by Gasteiger charge is 2.00. The quantitative estimate of drug-likeness (QED) is 0.736. The van der Waals surface area contributed by atoms with E-state index in [0.29, 0.717) is 16.7 Å². The Balaban J connectivity index is 0.000000980. The zero-order chi connectivity index (χ0) is 9.26. The average Bonchev–Trinajstić information content (AvgIpc) is 2.18. The molecular weight excluding hydrogens is 204 g/mol. The van der Waals surface area contributed by atoms with Crippen molar-refractivity contribution >= 4 is 23.3 Å². The normalized spacial score (nSPS) is 9.79. The molecule has 0 radical (unpaired) electrons. The van der Waals surface area contributed by atoms with Gasteiger partial charge in [0.2, 0.25) is 0 Å². The van der Waals surface area contributed by atoms with Gasteiger partial charge < -0.3 is 10.1 Å². The predicted molar refractivity (Wildman–Crippen MR) is 55.5 cm³/mol. The Bertz CT molecular complexity index is 495. The second-order valence-electron chi connectivity index (χ2n) is 2.69. The van der Waals surface area contributed by atoms with Crippen LogP contribution < -0.4 is 5.56 Å². The highest BCUT2D eigenvalue weighted by molar-refractivity contribution is 5.85. The number of aromatic amines is 1. The number of rotatable bonds is 1. The van der Waals surface area contributed by atoms with Crippen molar-refractivity contribution in [1.82, 2.24) is 9.97 Å². The molecule has 1 aromatic carbocycles. The first-order valence-electron chi connectivity index (χ1n) is 3.90. The van der Waals surface area contributed by atoms with Crippen LogP contribution in [0.15, 0.2) is 29.1 Å². The third-order valence-electron chi connectivity index (χ3n) is 1.81. The van der Waals surface area contributed by atoms with Crippen LogP contribution in [0.2, 0.25) is 0 Å². The number of H-pyrrole nitrogens is 1. The van der Waals surface area contributed by atoms with Gasteiger partial charge in [0.05, 0.1) is 10.9 Å². The third-order valence-corrected chi connectivity index (χ3v) is 1.81. The number of aromatic nitrogens is 2. The molecule has 0 atom stereocenters. The minimum Gasteiger partial charge on any atom is -0.388 e. The fourth-order valence-corrected chi connectivity index (χ4v) is 1.21. The summed E-state index contributed by atoms with van der Waals surface area (Å²) in [6, 6.07) is 7.01. The van der Waals surface area contributed by atoms with E-state index in [9.17, 15) is 4.79 Å². The van der Waals surface area contributed by atoms with Gasteiger partial charge in [0.1, 0.15) is 12.4 Å². The van der Waals surface area contributed by atoms with Gasteiger partial charge in [-0.2, -0.15) is 0 Å². The van der Waals surface area contributed by atoms with Crippen molar-refractivity contribution in [2.24, 2.45) is 0 Å². The number of benzene rings is 1. The zero-order valence-electron chi connectivity index (χ0n) is 7.23. The monoisotopic (exact) mass is 212 g/mol. The summed E-state index contributed by atoms with van der Waals surface area (Å²) in [4.78, 5) is 17.9. The van der Waals surface area contributed by atoms with Crippen LogP contribution in [-0.4, -0.2) is 15.1 Å². The van der Waals surface area contributed by atoms with Gasteiger partial charge in [-0.05, 0) is 12.1 Å². The molecule has 0 aliphatic rings. The van der Waals surface area contributed by atoms with Crippen molar-refractivity contribution in [3.63, 3.8) is 0 Å². The van der Waals surface area contributed by atoms with Crippen molar-refractivity contribution in [3.8, 4) is 0 Å². The van der Waals surface area contributed by atoms with Gasteiger partial charge in [-0.1, -0.05) is 12.1 Å². The second kappa shape index (κ2) is 4.21. The predicted octanol–water partition coefficient (Wildman–Crippen LogP) is 0.837. The molecule has 0 aliphatic carbocycles. The third kappa shape index (κ3) is 1.76. The van der Waals surface area contributed by atoms with Crippen LogP contribution in [-0.2, 0) is 6.61 Å². The van der Waals surface area contributed by atoms with E-state index in [4.69, 9.17) is 5.11 Å². The van der Waals surface area contributed by atoms with Crippen molar-refractivity contribution in [3.05, 3.63) is 40.4 Å². The SMILES string of the molecule is Cl.O=c1[nH]c(CO)nc2ccccc12. The lowest BCUT2D eigenvalue weighted by molar-refractivity contribution is 0.271. The van der Waals surface area contributed by atoms with Gasteiger partial charge in [-0.25, -0.2) is 4.98 Å². The van der Waals surface area contributed by atoms with Crippen LogP contribution in [0.5, 0.6) is 0 Å². The summed E-state index contributed by atoms with van der Waals surface area (Å²) < 4.78 is 0. The smallest absolute Gasteiger partial charge is 0.258 e. The summed E-state index contributed by atoms with van der Waals surface area (Å²) in [5.41, 5.74) is 0.393. The molecule has 2 rings (SSSR count). The number of aliphatic hydroxyl groups excluding tert-OH is 1. The number of hydrogen-bond acceptors (Lipinski definition) is 3. The molecule has 74 valence electrons. The number of halogens is 1. The van der Waals surface area contributed by atoms with Gasteiger partial charge >= 0.3 is 0 Å². The molecule has 0 fully saturated rings. The molecule has 0 bridgehead atoms.